The number of aryl methyl sites for hydroxylation is 1. The number of hydrogen-bond acceptors (Lipinski definition) is 7. The molecule has 0 radical (unpaired) electrons. The number of ether oxygens (including phenoxy) is 1. The van der Waals surface area contributed by atoms with Crippen LogP contribution in [0.25, 0.3) is 10.9 Å². The summed E-state index contributed by atoms with van der Waals surface area (Å²) in [6, 6.07) is 11.9. The molecule has 9 nitrogen and oxygen atoms in total. The van der Waals surface area contributed by atoms with Gasteiger partial charge in [0.2, 0.25) is 0 Å². The predicted molar refractivity (Wildman–Crippen MR) is 160 cm³/mol. The van der Waals surface area contributed by atoms with Crippen LogP contribution in [0.5, 0.6) is 0 Å². The van der Waals surface area contributed by atoms with Crippen LogP contribution in [-0.4, -0.2) is 45.1 Å². The van der Waals surface area contributed by atoms with E-state index in [0.29, 0.717) is 11.8 Å². The Labute approximate surface area is 257 Å². The van der Waals surface area contributed by atoms with E-state index < -0.39 is 32.6 Å². The second-order valence-corrected chi connectivity index (χ2v) is 14.3. The second kappa shape index (κ2) is 12.4. The molecule has 1 heterocycles. The fraction of sp³-hybridized carbons (Fsp3) is 0.231. The Morgan fingerprint density at radius 2 is 1.44 bits per heavy atom. The number of halogens is 4. The van der Waals surface area contributed by atoms with Crippen molar-refractivity contribution in [2.75, 3.05) is 17.5 Å². The number of esters is 1. The molecule has 0 atom stereocenters. The van der Waals surface area contributed by atoms with Crippen molar-refractivity contribution in [3.05, 3.63) is 80.4 Å². The summed E-state index contributed by atoms with van der Waals surface area (Å²) in [5, 5.41) is 4.94. The van der Waals surface area contributed by atoms with Gasteiger partial charge in [0.25, 0.3) is 20.0 Å². The fourth-order valence-corrected chi connectivity index (χ4v) is 8.14. The molecular weight excluding hydrogens is 656 g/mol. The molecule has 4 aromatic rings. The van der Waals surface area contributed by atoms with Gasteiger partial charge in [0.15, 0.2) is 0 Å². The van der Waals surface area contributed by atoms with Crippen LogP contribution in [0.3, 0.4) is 0 Å². The summed E-state index contributed by atoms with van der Waals surface area (Å²) in [6.07, 6.45) is 1.39. The smallest absolute Gasteiger partial charge is 0.326 e. The SMILES string of the molecule is CCCCOC(=O)CN(c1ccc2c(c1)c(C)nn2S(=O)(=O)c1cc(Cl)cc(Cl)c1)S(=O)(=O)c1cc(Cl)cc(Cl)c1. The van der Waals surface area contributed by atoms with Gasteiger partial charge in [-0.3, -0.25) is 9.10 Å². The average Bonchev–Trinajstić information content (AvgIpc) is 3.22. The lowest BCUT2D eigenvalue weighted by atomic mass is 10.2. The summed E-state index contributed by atoms with van der Waals surface area (Å²) in [6.45, 7) is 2.96. The van der Waals surface area contributed by atoms with Crippen LogP contribution in [0.4, 0.5) is 5.69 Å². The number of carbonyl (C=O) groups excluding carboxylic acids is 1. The summed E-state index contributed by atoms with van der Waals surface area (Å²) >= 11 is 24.2. The van der Waals surface area contributed by atoms with Crippen LogP contribution in [-0.2, 0) is 29.6 Å². The van der Waals surface area contributed by atoms with Gasteiger partial charge in [0.1, 0.15) is 6.54 Å². The lowest BCUT2D eigenvalue weighted by Gasteiger charge is -2.24. The predicted octanol–water partition coefficient (Wildman–Crippen LogP) is 6.73. The van der Waals surface area contributed by atoms with Crippen molar-refractivity contribution in [2.45, 2.75) is 36.5 Å². The van der Waals surface area contributed by atoms with Gasteiger partial charge in [-0.1, -0.05) is 59.7 Å². The standard InChI is InChI=1S/C26H23Cl4N3O6S2/c1-3-4-7-39-26(34)15-32(40(35,36)22-10-17(27)8-18(28)11-22)21-5-6-25-24(14-21)16(2)31-33(25)41(37,38)23-12-19(29)9-20(30)13-23/h5-6,8-14H,3-4,7,15H2,1-2H3. The normalized spacial score (nSPS) is 12.0. The lowest BCUT2D eigenvalue weighted by molar-refractivity contribution is -0.141. The Bertz CT molecular complexity index is 1820. The molecule has 0 saturated heterocycles. The largest absolute Gasteiger partial charge is 0.464 e. The maximum atomic E-state index is 13.8. The number of hydrogen-bond donors (Lipinski definition) is 0. The Kier molecular flexibility index (Phi) is 9.47. The number of anilines is 1. The molecule has 0 N–H and O–H groups in total. The third kappa shape index (κ3) is 6.76. The molecule has 0 aliphatic carbocycles. The van der Waals surface area contributed by atoms with E-state index >= 15 is 0 Å². The lowest BCUT2D eigenvalue weighted by Crippen LogP contribution is -2.36. The fourth-order valence-electron chi connectivity index (χ4n) is 3.95. The second-order valence-electron chi connectivity index (χ2n) is 8.93. The van der Waals surface area contributed by atoms with Gasteiger partial charge in [-0.05, 0) is 67.9 Å². The van der Waals surface area contributed by atoms with E-state index in [1.165, 1.54) is 54.6 Å². The maximum Gasteiger partial charge on any atom is 0.326 e. The van der Waals surface area contributed by atoms with E-state index in [4.69, 9.17) is 51.1 Å². The van der Waals surface area contributed by atoms with Crippen LogP contribution in [0, 0.1) is 6.92 Å². The molecular formula is C26H23Cl4N3O6S2. The number of sulfonamides is 1. The van der Waals surface area contributed by atoms with Crippen molar-refractivity contribution >= 4 is 89.0 Å². The Balaban J connectivity index is 1.84. The van der Waals surface area contributed by atoms with Gasteiger partial charge in [0, 0.05) is 25.5 Å². The summed E-state index contributed by atoms with van der Waals surface area (Å²) < 4.78 is 61.4. The van der Waals surface area contributed by atoms with Crippen LogP contribution in [0.2, 0.25) is 20.1 Å². The van der Waals surface area contributed by atoms with Gasteiger partial charge in [-0.25, -0.2) is 8.42 Å². The molecule has 0 spiro atoms. The van der Waals surface area contributed by atoms with E-state index in [1.54, 1.807) is 6.92 Å². The van der Waals surface area contributed by atoms with Crippen LogP contribution >= 0.6 is 46.4 Å². The number of unbranched alkanes of at least 4 members (excludes halogenated alkanes) is 1. The Morgan fingerprint density at radius 3 is 2.00 bits per heavy atom. The maximum absolute atomic E-state index is 13.8. The number of nitrogens with zero attached hydrogens (tertiary/aromatic N) is 3. The molecule has 1 aromatic heterocycles. The van der Waals surface area contributed by atoms with Gasteiger partial charge in [-0.2, -0.15) is 17.6 Å². The molecule has 0 unspecified atom stereocenters. The minimum Gasteiger partial charge on any atom is -0.464 e. The highest BCUT2D eigenvalue weighted by Crippen LogP contribution is 2.33. The molecule has 3 aromatic carbocycles. The van der Waals surface area contributed by atoms with Gasteiger partial charge in [0.05, 0.1) is 33.3 Å². The number of aromatic nitrogens is 2. The van der Waals surface area contributed by atoms with E-state index in [2.05, 4.69) is 5.10 Å². The van der Waals surface area contributed by atoms with Crippen molar-refractivity contribution in [3.63, 3.8) is 0 Å². The monoisotopic (exact) mass is 677 g/mol. The summed E-state index contributed by atoms with van der Waals surface area (Å²) in [7, 11) is -8.63. The summed E-state index contributed by atoms with van der Waals surface area (Å²) in [5.41, 5.74) is 0.509. The zero-order chi connectivity index (χ0) is 30.1. The molecule has 4 rings (SSSR count). The van der Waals surface area contributed by atoms with Crippen molar-refractivity contribution < 1.29 is 26.4 Å². The molecule has 0 aliphatic rings. The van der Waals surface area contributed by atoms with Crippen molar-refractivity contribution in [2.24, 2.45) is 0 Å². The molecule has 41 heavy (non-hydrogen) atoms. The molecule has 0 saturated carbocycles. The first kappa shape index (κ1) is 31.4. The van der Waals surface area contributed by atoms with Crippen LogP contribution in [0.15, 0.2) is 64.4 Å². The highest BCUT2D eigenvalue weighted by Gasteiger charge is 2.30. The van der Waals surface area contributed by atoms with Gasteiger partial charge >= 0.3 is 5.97 Å². The quantitative estimate of drug-likeness (QED) is 0.135. The van der Waals surface area contributed by atoms with E-state index in [1.807, 2.05) is 6.92 Å². The minimum atomic E-state index is -4.39. The van der Waals surface area contributed by atoms with Crippen molar-refractivity contribution in [3.8, 4) is 0 Å². The van der Waals surface area contributed by atoms with Gasteiger partial charge in [-0.15, -0.1) is 0 Å². The molecule has 0 fully saturated rings. The number of rotatable bonds is 10. The molecule has 0 bridgehead atoms. The molecule has 218 valence electrons. The minimum absolute atomic E-state index is 0.0619. The number of carbonyl (C=O) groups is 1. The van der Waals surface area contributed by atoms with E-state index in [0.717, 1.165) is 14.8 Å². The van der Waals surface area contributed by atoms with Gasteiger partial charge < -0.3 is 4.74 Å². The first-order valence-corrected chi connectivity index (χ1v) is 16.5. The Hall–Kier alpha value is -2.54. The van der Waals surface area contributed by atoms with Crippen LogP contribution < -0.4 is 4.31 Å². The zero-order valence-corrected chi connectivity index (χ0v) is 26.3. The first-order chi connectivity index (χ1) is 19.2. The topological polar surface area (TPSA) is 116 Å². The summed E-state index contributed by atoms with van der Waals surface area (Å²) in [4.78, 5) is 12.3. The van der Waals surface area contributed by atoms with Crippen LogP contribution in [0.1, 0.15) is 25.5 Å². The van der Waals surface area contributed by atoms with E-state index in [-0.39, 0.29) is 53.4 Å². The average molecular weight is 679 g/mol. The third-order valence-corrected chi connectivity index (χ3v) is 10.1. The third-order valence-electron chi connectivity index (χ3n) is 5.92. The van der Waals surface area contributed by atoms with Crippen molar-refractivity contribution in [1.29, 1.82) is 0 Å². The molecule has 0 aliphatic heterocycles. The van der Waals surface area contributed by atoms with E-state index in [9.17, 15) is 21.6 Å². The molecule has 15 heteroatoms. The summed E-state index contributed by atoms with van der Waals surface area (Å²) in [5.74, 6) is -0.775. The Morgan fingerprint density at radius 1 is 0.878 bits per heavy atom. The highest BCUT2D eigenvalue weighted by molar-refractivity contribution is 7.93. The van der Waals surface area contributed by atoms with Crippen molar-refractivity contribution in [1.82, 2.24) is 9.19 Å². The highest BCUT2D eigenvalue weighted by atomic mass is 35.5. The number of benzene rings is 3. The zero-order valence-electron chi connectivity index (χ0n) is 21.6. The first-order valence-electron chi connectivity index (χ1n) is 12.1. The molecule has 0 amide bonds. The number of fused-ring (bicyclic) bond motifs is 1.